The van der Waals surface area contributed by atoms with Crippen molar-refractivity contribution in [3.05, 3.63) is 84.0 Å². The first kappa shape index (κ1) is 24.5. The van der Waals surface area contributed by atoms with Crippen molar-refractivity contribution in [2.24, 2.45) is 0 Å². The van der Waals surface area contributed by atoms with Gasteiger partial charge in [0.25, 0.3) is 0 Å². The summed E-state index contributed by atoms with van der Waals surface area (Å²) in [6.07, 6.45) is 5.77. The van der Waals surface area contributed by atoms with Crippen molar-refractivity contribution in [3.63, 3.8) is 0 Å². The highest BCUT2D eigenvalue weighted by molar-refractivity contribution is 5.89. The van der Waals surface area contributed by atoms with Gasteiger partial charge in [-0.05, 0) is 61.2 Å². The Kier molecular flexibility index (Phi) is 11.1. The summed E-state index contributed by atoms with van der Waals surface area (Å²) >= 11 is 0. The van der Waals surface area contributed by atoms with E-state index in [2.05, 4.69) is 36.2 Å². The lowest BCUT2D eigenvalue weighted by Crippen LogP contribution is -2.20. The highest BCUT2D eigenvalue weighted by Gasteiger charge is 2.02. The van der Waals surface area contributed by atoms with Crippen LogP contribution < -0.4 is 5.32 Å². The van der Waals surface area contributed by atoms with E-state index in [9.17, 15) is 19.8 Å². The van der Waals surface area contributed by atoms with Crippen molar-refractivity contribution < 1.29 is 30.0 Å². The van der Waals surface area contributed by atoms with Gasteiger partial charge in [0.2, 0.25) is 0 Å². The van der Waals surface area contributed by atoms with Gasteiger partial charge in [0.1, 0.15) is 0 Å². The zero-order valence-electron chi connectivity index (χ0n) is 16.6. The Labute approximate surface area is 175 Å². The predicted octanol–water partition coefficient (Wildman–Crippen LogP) is 2.91. The van der Waals surface area contributed by atoms with Gasteiger partial charge in [0.05, 0.1) is 0 Å². The van der Waals surface area contributed by atoms with Crippen LogP contribution in [0.3, 0.4) is 0 Å². The lowest BCUT2D eigenvalue weighted by molar-refractivity contribution is -0.134. The SMILES string of the molecule is C=CCc1ccccc1CCNCCc1ccc(O)c(O)c1.O=C(O)/C=C/C(=O)O. The van der Waals surface area contributed by atoms with Gasteiger partial charge in [-0.2, -0.15) is 0 Å². The maximum atomic E-state index is 9.55. The van der Waals surface area contributed by atoms with Crippen molar-refractivity contribution in [2.75, 3.05) is 13.1 Å². The molecule has 0 bridgehead atoms. The van der Waals surface area contributed by atoms with Crippen LogP contribution in [0, 0.1) is 0 Å². The molecule has 0 spiro atoms. The van der Waals surface area contributed by atoms with Crippen molar-refractivity contribution in [1.82, 2.24) is 5.32 Å². The third-order valence-corrected chi connectivity index (χ3v) is 4.05. The van der Waals surface area contributed by atoms with Crippen LogP contribution in [-0.2, 0) is 28.9 Å². The number of carboxylic acids is 2. The van der Waals surface area contributed by atoms with Crippen LogP contribution in [0.2, 0.25) is 0 Å². The first-order valence-electron chi connectivity index (χ1n) is 9.36. The number of carboxylic acid groups (broad SMARTS) is 2. The summed E-state index contributed by atoms with van der Waals surface area (Å²) in [4.78, 5) is 19.1. The molecule has 2 aromatic rings. The second-order valence-corrected chi connectivity index (χ2v) is 6.34. The molecular weight excluding hydrogens is 386 g/mol. The minimum atomic E-state index is -1.26. The summed E-state index contributed by atoms with van der Waals surface area (Å²) < 4.78 is 0. The number of hydrogen-bond donors (Lipinski definition) is 5. The Morgan fingerprint density at radius 2 is 1.47 bits per heavy atom. The van der Waals surface area contributed by atoms with E-state index in [1.54, 1.807) is 6.07 Å². The second kappa shape index (κ2) is 13.6. The maximum absolute atomic E-state index is 9.55. The number of phenolic OH excluding ortho intramolecular Hbond substituents is 2. The van der Waals surface area contributed by atoms with E-state index in [1.807, 2.05) is 12.1 Å². The zero-order chi connectivity index (χ0) is 22.4. The molecule has 7 nitrogen and oxygen atoms in total. The second-order valence-electron chi connectivity index (χ2n) is 6.34. The fourth-order valence-corrected chi connectivity index (χ4v) is 2.60. The summed E-state index contributed by atoms with van der Waals surface area (Å²) in [6.45, 7) is 5.56. The van der Waals surface area contributed by atoms with Crippen LogP contribution in [0.5, 0.6) is 11.5 Å². The first-order valence-corrected chi connectivity index (χ1v) is 9.36. The molecule has 0 atom stereocenters. The summed E-state index contributed by atoms with van der Waals surface area (Å²) in [7, 11) is 0. The van der Waals surface area contributed by atoms with E-state index in [4.69, 9.17) is 10.2 Å². The van der Waals surface area contributed by atoms with Gasteiger partial charge in [0, 0.05) is 12.2 Å². The van der Waals surface area contributed by atoms with E-state index < -0.39 is 11.9 Å². The predicted molar refractivity (Wildman–Crippen MR) is 115 cm³/mol. The number of rotatable bonds is 10. The molecule has 2 rings (SSSR count). The van der Waals surface area contributed by atoms with E-state index >= 15 is 0 Å². The first-order chi connectivity index (χ1) is 14.3. The largest absolute Gasteiger partial charge is 0.504 e. The monoisotopic (exact) mass is 413 g/mol. The summed E-state index contributed by atoms with van der Waals surface area (Å²) in [5, 5.41) is 37.8. The van der Waals surface area contributed by atoms with E-state index in [1.165, 1.54) is 17.2 Å². The maximum Gasteiger partial charge on any atom is 0.328 e. The number of benzene rings is 2. The van der Waals surface area contributed by atoms with Crippen LogP contribution in [0.4, 0.5) is 0 Å². The third kappa shape index (κ3) is 10.1. The zero-order valence-corrected chi connectivity index (χ0v) is 16.6. The highest BCUT2D eigenvalue weighted by Crippen LogP contribution is 2.24. The Balaban J connectivity index is 0.000000479. The molecule has 0 radical (unpaired) electrons. The quantitative estimate of drug-likeness (QED) is 0.175. The molecule has 7 heteroatoms. The van der Waals surface area contributed by atoms with E-state index in [0.29, 0.717) is 12.2 Å². The van der Waals surface area contributed by atoms with Crippen LogP contribution in [-0.4, -0.2) is 45.5 Å². The van der Waals surface area contributed by atoms with Crippen molar-refractivity contribution in [2.45, 2.75) is 19.3 Å². The molecule has 0 aliphatic heterocycles. The molecule has 30 heavy (non-hydrogen) atoms. The lowest BCUT2D eigenvalue weighted by Gasteiger charge is -2.09. The van der Waals surface area contributed by atoms with Crippen molar-refractivity contribution in [1.29, 1.82) is 0 Å². The number of nitrogens with one attached hydrogen (secondary N) is 1. The molecule has 0 unspecified atom stereocenters. The van der Waals surface area contributed by atoms with Crippen LogP contribution in [0.15, 0.2) is 67.3 Å². The Morgan fingerprint density at radius 1 is 0.867 bits per heavy atom. The minimum absolute atomic E-state index is 0.0594. The van der Waals surface area contributed by atoms with Gasteiger partial charge >= 0.3 is 11.9 Å². The number of hydrogen-bond acceptors (Lipinski definition) is 5. The number of allylic oxidation sites excluding steroid dienone is 1. The van der Waals surface area contributed by atoms with Gasteiger partial charge in [-0.25, -0.2) is 9.59 Å². The average Bonchev–Trinajstić information content (AvgIpc) is 2.71. The summed E-state index contributed by atoms with van der Waals surface area (Å²) in [5.74, 6) is -2.65. The molecule has 0 aromatic heterocycles. The number of aromatic hydroxyl groups is 2. The molecular formula is C23H27NO6. The standard InChI is InChI=1S/C19H23NO2.C4H4O4/c1-2-5-16-6-3-4-7-17(16)11-13-20-12-10-15-8-9-18(21)19(22)14-15;5-3(6)1-2-4(7)8/h2-4,6-9,14,20-22H,1,5,10-13H2;1-2H,(H,5,6)(H,7,8)/b;2-1+. The van der Waals surface area contributed by atoms with Crippen LogP contribution in [0.1, 0.15) is 16.7 Å². The normalized spacial score (nSPS) is 10.3. The molecule has 2 aromatic carbocycles. The molecule has 0 heterocycles. The smallest absolute Gasteiger partial charge is 0.328 e. The molecule has 0 aliphatic rings. The summed E-state index contributed by atoms with van der Waals surface area (Å²) in [5.41, 5.74) is 3.70. The fourth-order valence-electron chi connectivity index (χ4n) is 2.60. The fraction of sp³-hybridized carbons (Fsp3) is 0.217. The van der Waals surface area contributed by atoms with Gasteiger partial charge < -0.3 is 25.7 Å². The number of carbonyl (C=O) groups is 2. The minimum Gasteiger partial charge on any atom is -0.504 e. The molecule has 0 amide bonds. The van der Waals surface area contributed by atoms with Crippen molar-refractivity contribution >= 4 is 11.9 Å². The molecule has 0 fully saturated rings. The van der Waals surface area contributed by atoms with Gasteiger partial charge in [0.15, 0.2) is 11.5 Å². The van der Waals surface area contributed by atoms with Gasteiger partial charge in [-0.3, -0.25) is 0 Å². The van der Waals surface area contributed by atoms with Crippen LogP contribution >= 0.6 is 0 Å². The molecule has 0 saturated carbocycles. The number of aliphatic carboxylic acids is 2. The Bertz CT molecular complexity index is 860. The van der Waals surface area contributed by atoms with E-state index in [-0.39, 0.29) is 11.5 Å². The Hall–Kier alpha value is -3.58. The molecule has 0 saturated heterocycles. The van der Waals surface area contributed by atoms with Crippen molar-refractivity contribution in [3.8, 4) is 11.5 Å². The topological polar surface area (TPSA) is 127 Å². The van der Waals surface area contributed by atoms with E-state index in [0.717, 1.165) is 37.9 Å². The third-order valence-electron chi connectivity index (χ3n) is 4.05. The Morgan fingerprint density at radius 3 is 2.03 bits per heavy atom. The summed E-state index contributed by atoms with van der Waals surface area (Å²) in [6, 6.07) is 13.4. The highest BCUT2D eigenvalue weighted by atomic mass is 16.4. The molecule has 160 valence electrons. The molecule has 0 aliphatic carbocycles. The molecule has 5 N–H and O–H groups in total. The van der Waals surface area contributed by atoms with Gasteiger partial charge in [-0.1, -0.05) is 36.4 Å². The van der Waals surface area contributed by atoms with Crippen LogP contribution in [0.25, 0.3) is 0 Å². The average molecular weight is 413 g/mol. The lowest BCUT2D eigenvalue weighted by atomic mass is 10.0. The van der Waals surface area contributed by atoms with Gasteiger partial charge in [-0.15, -0.1) is 6.58 Å². The number of phenols is 2.